The largest absolute Gasteiger partial charge is 0.393 e. The van der Waals surface area contributed by atoms with E-state index in [9.17, 15) is 5.11 Å². The molecule has 0 aromatic carbocycles. The van der Waals surface area contributed by atoms with Crippen molar-refractivity contribution in [3.05, 3.63) is 23.8 Å². The third-order valence-electron chi connectivity index (χ3n) is 4.80. The van der Waals surface area contributed by atoms with Crippen LogP contribution in [0.4, 0.5) is 0 Å². The van der Waals surface area contributed by atoms with Crippen LogP contribution in [0.3, 0.4) is 0 Å². The van der Waals surface area contributed by atoms with Gasteiger partial charge in [0.05, 0.1) is 6.61 Å². The van der Waals surface area contributed by atoms with Gasteiger partial charge in [-0.15, -0.1) is 0 Å². The van der Waals surface area contributed by atoms with E-state index >= 15 is 0 Å². The van der Waals surface area contributed by atoms with Crippen LogP contribution < -0.4 is 0 Å². The Morgan fingerprint density at radius 3 is 2.36 bits per heavy atom. The molecular weight excluding hydrogens is 276 g/mol. The minimum atomic E-state index is -0.543. The summed E-state index contributed by atoms with van der Waals surface area (Å²) in [6.07, 6.45) is 12.4. The first-order chi connectivity index (χ1) is 10.5. The van der Waals surface area contributed by atoms with Gasteiger partial charge in [0.25, 0.3) is 0 Å². The first-order valence-corrected chi connectivity index (χ1v) is 8.81. The van der Waals surface area contributed by atoms with E-state index in [0.29, 0.717) is 5.92 Å². The molecule has 22 heavy (non-hydrogen) atoms. The van der Waals surface area contributed by atoms with Crippen LogP contribution in [-0.4, -0.2) is 22.9 Å². The molecule has 1 aliphatic rings. The lowest BCUT2D eigenvalue weighted by Gasteiger charge is -2.24. The molecule has 0 amide bonds. The van der Waals surface area contributed by atoms with Crippen LogP contribution in [-0.2, 0) is 9.78 Å². The lowest BCUT2D eigenvalue weighted by atomic mass is 9.83. The van der Waals surface area contributed by atoms with Gasteiger partial charge in [0.2, 0.25) is 0 Å². The Kier molecular flexibility index (Phi) is 7.81. The molecule has 3 heteroatoms. The van der Waals surface area contributed by atoms with Gasteiger partial charge in [-0.1, -0.05) is 51.5 Å². The van der Waals surface area contributed by atoms with Gasteiger partial charge in [0.1, 0.15) is 11.2 Å². The first-order valence-electron chi connectivity index (χ1n) is 8.81. The summed E-state index contributed by atoms with van der Waals surface area (Å²) < 4.78 is 0. The lowest BCUT2D eigenvalue weighted by molar-refractivity contribution is -0.346. The van der Waals surface area contributed by atoms with E-state index in [0.717, 1.165) is 38.5 Å². The van der Waals surface area contributed by atoms with Crippen LogP contribution in [0.5, 0.6) is 0 Å². The number of hydrogen-bond acceptors (Lipinski definition) is 3. The zero-order valence-electron chi connectivity index (χ0n) is 15.0. The molecule has 1 saturated heterocycles. The van der Waals surface area contributed by atoms with Crippen LogP contribution in [0.1, 0.15) is 73.1 Å². The molecule has 1 aliphatic heterocycles. The molecule has 128 valence electrons. The fourth-order valence-electron chi connectivity index (χ4n) is 3.11. The molecular formula is C19H34O3. The van der Waals surface area contributed by atoms with Crippen molar-refractivity contribution >= 4 is 0 Å². The highest BCUT2D eigenvalue weighted by Crippen LogP contribution is 2.42. The standard InChI is InChI=1S/C19H34O3/c1-6-10-11-17(7-2)12-16(5)13-18(8-3)14-19(9-4,15-20)22-21-18/h10-11,13,17,20H,6-9,12,14-15H2,1-5H3/b11-10+,16-13+/t17-,18?,19?/m0/s1. The van der Waals surface area contributed by atoms with E-state index in [2.05, 4.69) is 45.9 Å². The summed E-state index contributed by atoms with van der Waals surface area (Å²) in [6.45, 7) is 10.7. The quantitative estimate of drug-likeness (QED) is 0.483. The van der Waals surface area contributed by atoms with Gasteiger partial charge in [-0.3, -0.25) is 0 Å². The van der Waals surface area contributed by atoms with Gasteiger partial charge in [-0.25, -0.2) is 9.78 Å². The Hall–Kier alpha value is -0.640. The second kappa shape index (κ2) is 8.85. The first kappa shape index (κ1) is 19.4. The second-order valence-corrected chi connectivity index (χ2v) is 6.66. The molecule has 3 nitrogen and oxygen atoms in total. The van der Waals surface area contributed by atoms with Crippen molar-refractivity contribution in [1.82, 2.24) is 0 Å². The van der Waals surface area contributed by atoms with Crippen molar-refractivity contribution in [2.45, 2.75) is 84.3 Å². The molecule has 0 aromatic rings. The Bertz CT molecular complexity index is 382. The fourth-order valence-corrected chi connectivity index (χ4v) is 3.11. The molecule has 0 bridgehead atoms. The van der Waals surface area contributed by atoms with E-state index in [1.807, 2.05) is 6.92 Å². The summed E-state index contributed by atoms with van der Waals surface area (Å²) in [5.41, 5.74) is 0.400. The molecule has 0 spiro atoms. The second-order valence-electron chi connectivity index (χ2n) is 6.66. The monoisotopic (exact) mass is 310 g/mol. The van der Waals surface area contributed by atoms with E-state index in [4.69, 9.17) is 9.78 Å². The van der Waals surface area contributed by atoms with Gasteiger partial charge in [-0.05, 0) is 44.9 Å². The zero-order chi connectivity index (χ0) is 16.6. The smallest absolute Gasteiger partial charge is 0.129 e. The van der Waals surface area contributed by atoms with Gasteiger partial charge in [0, 0.05) is 6.42 Å². The van der Waals surface area contributed by atoms with Gasteiger partial charge >= 0.3 is 0 Å². The van der Waals surface area contributed by atoms with Crippen LogP contribution in [0.15, 0.2) is 23.8 Å². The third kappa shape index (κ3) is 4.94. The molecule has 0 aliphatic carbocycles. The minimum absolute atomic E-state index is 0.00889. The normalized spacial score (nSPS) is 31.1. The van der Waals surface area contributed by atoms with Gasteiger partial charge < -0.3 is 5.11 Å². The highest BCUT2D eigenvalue weighted by Gasteiger charge is 2.48. The maximum Gasteiger partial charge on any atom is 0.129 e. The molecule has 0 radical (unpaired) electrons. The predicted octanol–water partition coefficient (Wildman–Crippen LogP) is 4.96. The van der Waals surface area contributed by atoms with Crippen LogP contribution in [0.2, 0.25) is 0 Å². The van der Waals surface area contributed by atoms with Gasteiger partial charge in [0.15, 0.2) is 0 Å². The maximum atomic E-state index is 9.62. The average molecular weight is 310 g/mol. The number of aliphatic hydroxyl groups is 1. The Balaban J connectivity index is 2.81. The molecule has 0 aromatic heterocycles. The molecule has 2 unspecified atom stereocenters. The van der Waals surface area contributed by atoms with Crippen molar-refractivity contribution < 1.29 is 14.9 Å². The highest BCUT2D eigenvalue weighted by molar-refractivity contribution is 5.14. The maximum absolute atomic E-state index is 9.62. The molecule has 1 N–H and O–H groups in total. The molecule has 1 heterocycles. The summed E-state index contributed by atoms with van der Waals surface area (Å²) in [5, 5.41) is 9.62. The molecule has 1 fully saturated rings. The van der Waals surface area contributed by atoms with Crippen molar-refractivity contribution in [1.29, 1.82) is 0 Å². The Morgan fingerprint density at radius 2 is 1.91 bits per heavy atom. The number of hydrogen-bond donors (Lipinski definition) is 1. The number of allylic oxidation sites excluding steroid dienone is 3. The zero-order valence-corrected chi connectivity index (χ0v) is 15.0. The molecule has 3 atom stereocenters. The Morgan fingerprint density at radius 1 is 1.18 bits per heavy atom. The van der Waals surface area contributed by atoms with Crippen molar-refractivity contribution in [2.24, 2.45) is 5.92 Å². The van der Waals surface area contributed by atoms with Crippen LogP contribution in [0, 0.1) is 5.92 Å². The highest BCUT2D eigenvalue weighted by atomic mass is 17.2. The topological polar surface area (TPSA) is 38.7 Å². The summed E-state index contributed by atoms with van der Waals surface area (Å²) in [5.74, 6) is 0.584. The van der Waals surface area contributed by atoms with Crippen LogP contribution >= 0.6 is 0 Å². The Labute approximate surface area is 136 Å². The predicted molar refractivity (Wildman–Crippen MR) is 91.5 cm³/mol. The summed E-state index contributed by atoms with van der Waals surface area (Å²) >= 11 is 0. The van der Waals surface area contributed by atoms with E-state index < -0.39 is 11.2 Å². The molecule has 0 saturated carbocycles. The van der Waals surface area contributed by atoms with Crippen molar-refractivity contribution in [3.63, 3.8) is 0 Å². The summed E-state index contributed by atoms with van der Waals surface area (Å²) in [6, 6.07) is 0. The van der Waals surface area contributed by atoms with E-state index in [1.165, 1.54) is 5.57 Å². The van der Waals surface area contributed by atoms with Gasteiger partial charge in [-0.2, -0.15) is 0 Å². The van der Waals surface area contributed by atoms with Crippen LogP contribution in [0.25, 0.3) is 0 Å². The minimum Gasteiger partial charge on any atom is -0.393 e. The summed E-state index contributed by atoms with van der Waals surface area (Å²) in [7, 11) is 0. The van der Waals surface area contributed by atoms with Crippen molar-refractivity contribution in [3.8, 4) is 0 Å². The third-order valence-corrected chi connectivity index (χ3v) is 4.80. The fraction of sp³-hybridized carbons (Fsp3) is 0.789. The SMILES string of the molecule is CC/C=C/[C@H](CC)C/C(C)=C/C1(CC)CC(CC)(CO)OO1. The summed E-state index contributed by atoms with van der Waals surface area (Å²) in [4.78, 5) is 11.2. The molecule has 1 rings (SSSR count). The number of aliphatic hydroxyl groups excluding tert-OH is 1. The lowest BCUT2D eigenvalue weighted by Crippen LogP contribution is -2.34. The number of rotatable bonds is 9. The van der Waals surface area contributed by atoms with E-state index in [-0.39, 0.29) is 6.61 Å². The average Bonchev–Trinajstić information content (AvgIpc) is 2.91. The van der Waals surface area contributed by atoms with Crippen molar-refractivity contribution in [2.75, 3.05) is 6.61 Å². The van der Waals surface area contributed by atoms with E-state index in [1.54, 1.807) is 0 Å².